The maximum atomic E-state index is 9.72. The highest BCUT2D eigenvalue weighted by Crippen LogP contribution is 2.29. The Morgan fingerprint density at radius 1 is 1.38 bits per heavy atom. The molecule has 0 amide bonds. The van der Waals surface area contributed by atoms with Gasteiger partial charge < -0.3 is 16.2 Å². The zero-order valence-corrected chi connectivity index (χ0v) is 13.5. The maximum absolute atomic E-state index is 9.72. The molecule has 1 fully saturated rings. The van der Waals surface area contributed by atoms with Crippen molar-refractivity contribution in [1.82, 2.24) is 30.1 Å². The van der Waals surface area contributed by atoms with Crippen LogP contribution in [-0.4, -0.2) is 48.6 Å². The van der Waals surface area contributed by atoms with Crippen LogP contribution >= 0.6 is 0 Å². The van der Waals surface area contributed by atoms with E-state index in [1.165, 1.54) is 0 Å². The summed E-state index contributed by atoms with van der Waals surface area (Å²) >= 11 is 0. The molecular formula is C16H21N7O. The predicted octanol–water partition coefficient (Wildman–Crippen LogP) is 0.918. The number of anilines is 1. The molecule has 1 aliphatic heterocycles. The largest absolute Gasteiger partial charge is 0.392 e. The molecule has 4 rings (SSSR count). The van der Waals surface area contributed by atoms with Gasteiger partial charge in [0.15, 0.2) is 5.65 Å². The van der Waals surface area contributed by atoms with Crippen LogP contribution in [0.1, 0.15) is 31.4 Å². The topological polar surface area (TPSA) is 117 Å². The number of aromatic nitrogens is 5. The van der Waals surface area contributed by atoms with Gasteiger partial charge in [-0.2, -0.15) is 14.7 Å². The minimum absolute atomic E-state index is 0.152. The fourth-order valence-electron chi connectivity index (χ4n) is 3.36. The molecule has 3 aromatic rings. The Hall–Kier alpha value is -2.45. The lowest BCUT2D eigenvalue weighted by Gasteiger charge is -2.31. The summed E-state index contributed by atoms with van der Waals surface area (Å²) < 4.78 is 1.65. The summed E-state index contributed by atoms with van der Waals surface area (Å²) in [5, 5.41) is 24.3. The summed E-state index contributed by atoms with van der Waals surface area (Å²) in [6.07, 6.45) is 6.88. The van der Waals surface area contributed by atoms with E-state index in [2.05, 4.69) is 20.6 Å². The van der Waals surface area contributed by atoms with Crippen molar-refractivity contribution in [3.63, 3.8) is 0 Å². The smallest absolute Gasteiger partial charge is 0.165 e. The van der Waals surface area contributed by atoms with E-state index < -0.39 is 0 Å². The molecule has 1 saturated heterocycles. The average molecular weight is 327 g/mol. The number of nitrogens with zero attached hydrogens (tertiary/aromatic N) is 4. The monoisotopic (exact) mass is 327 g/mol. The lowest BCUT2D eigenvalue weighted by Crippen LogP contribution is -2.44. The van der Waals surface area contributed by atoms with Gasteiger partial charge in [-0.25, -0.2) is 4.98 Å². The van der Waals surface area contributed by atoms with Gasteiger partial charge in [-0.15, -0.1) is 0 Å². The first-order valence-corrected chi connectivity index (χ1v) is 8.18. The van der Waals surface area contributed by atoms with E-state index >= 15 is 0 Å². The first-order valence-electron chi connectivity index (χ1n) is 8.18. The van der Waals surface area contributed by atoms with E-state index in [1.807, 2.05) is 19.2 Å². The van der Waals surface area contributed by atoms with Crippen molar-refractivity contribution >= 4 is 11.5 Å². The molecule has 0 aromatic carbocycles. The van der Waals surface area contributed by atoms with Crippen molar-refractivity contribution in [1.29, 1.82) is 0 Å². The van der Waals surface area contributed by atoms with Crippen molar-refractivity contribution in [3.05, 3.63) is 30.4 Å². The molecule has 126 valence electrons. The van der Waals surface area contributed by atoms with E-state index in [0.29, 0.717) is 5.82 Å². The fourth-order valence-corrected chi connectivity index (χ4v) is 3.36. The molecule has 3 unspecified atom stereocenters. The first kappa shape index (κ1) is 15.1. The summed E-state index contributed by atoms with van der Waals surface area (Å²) in [6.45, 7) is 2.61. The number of aliphatic hydroxyl groups excluding tert-OH is 1. The van der Waals surface area contributed by atoms with Crippen LogP contribution in [0.4, 0.5) is 5.82 Å². The lowest BCUT2D eigenvalue weighted by molar-refractivity contribution is 0.125. The van der Waals surface area contributed by atoms with Crippen LogP contribution in [0.2, 0.25) is 0 Å². The molecule has 0 saturated carbocycles. The second kappa shape index (κ2) is 5.88. The molecule has 24 heavy (non-hydrogen) atoms. The minimum Gasteiger partial charge on any atom is -0.392 e. The van der Waals surface area contributed by atoms with E-state index in [-0.39, 0.29) is 18.1 Å². The van der Waals surface area contributed by atoms with Crippen LogP contribution in [0, 0.1) is 0 Å². The number of nitrogen functional groups attached to an aromatic ring is 1. The third kappa shape index (κ3) is 2.53. The standard InChI is InChI=1S/C16H21N7O/c1-9(24)13-3-2-10(5-18-13)14-4-15(17)23-16(22-14)12(8-21-23)11-6-19-20-7-11/h4,6-10,13,18,24H,2-3,5,17H2,1H3,(H,19,20). The SMILES string of the molecule is CC(O)C1CCC(c2cc(N)n3ncc(-c4cn[nH]c4)c3n2)CN1. The van der Waals surface area contributed by atoms with Gasteiger partial charge in [0, 0.05) is 41.9 Å². The first-order chi connectivity index (χ1) is 11.6. The number of nitrogens with one attached hydrogen (secondary N) is 2. The summed E-state index contributed by atoms with van der Waals surface area (Å²) in [4.78, 5) is 4.82. The highest BCUT2D eigenvalue weighted by molar-refractivity contribution is 5.77. The lowest BCUT2D eigenvalue weighted by atomic mass is 9.90. The van der Waals surface area contributed by atoms with Crippen LogP contribution in [0.15, 0.2) is 24.7 Å². The molecule has 3 aromatic heterocycles. The molecule has 4 heterocycles. The summed E-state index contributed by atoms with van der Waals surface area (Å²) in [5.41, 5.74) is 9.72. The highest BCUT2D eigenvalue weighted by atomic mass is 16.3. The van der Waals surface area contributed by atoms with Crippen LogP contribution in [0.25, 0.3) is 16.8 Å². The number of aromatic amines is 1. The Bertz CT molecular complexity index is 832. The average Bonchev–Trinajstić information content (AvgIpc) is 3.24. The van der Waals surface area contributed by atoms with E-state index in [4.69, 9.17) is 10.7 Å². The van der Waals surface area contributed by atoms with Gasteiger partial charge in [0.1, 0.15) is 5.82 Å². The molecule has 0 radical (unpaired) electrons. The third-order valence-corrected chi connectivity index (χ3v) is 4.78. The van der Waals surface area contributed by atoms with E-state index in [0.717, 1.165) is 41.9 Å². The second-order valence-corrected chi connectivity index (χ2v) is 6.42. The molecule has 0 bridgehead atoms. The van der Waals surface area contributed by atoms with Gasteiger partial charge in [0.2, 0.25) is 0 Å². The van der Waals surface area contributed by atoms with Gasteiger partial charge in [0.05, 0.1) is 24.2 Å². The number of fused-ring (bicyclic) bond motifs is 1. The molecular weight excluding hydrogens is 306 g/mol. The maximum Gasteiger partial charge on any atom is 0.165 e. The zero-order valence-electron chi connectivity index (χ0n) is 13.5. The van der Waals surface area contributed by atoms with E-state index in [1.54, 1.807) is 16.9 Å². The highest BCUT2D eigenvalue weighted by Gasteiger charge is 2.26. The normalized spacial score (nSPS) is 22.8. The van der Waals surface area contributed by atoms with Gasteiger partial charge in [0.25, 0.3) is 0 Å². The number of piperidine rings is 1. The quantitative estimate of drug-likeness (QED) is 0.568. The van der Waals surface area contributed by atoms with Crippen molar-refractivity contribution in [2.75, 3.05) is 12.3 Å². The van der Waals surface area contributed by atoms with Crippen LogP contribution in [0.3, 0.4) is 0 Å². The van der Waals surface area contributed by atoms with Crippen molar-refractivity contribution in [2.45, 2.75) is 37.8 Å². The summed E-state index contributed by atoms with van der Waals surface area (Å²) in [6, 6.07) is 2.05. The van der Waals surface area contributed by atoms with Gasteiger partial charge in [-0.3, -0.25) is 5.10 Å². The summed E-state index contributed by atoms with van der Waals surface area (Å²) in [7, 11) is 0. The van der Waals surface area contributed by atoms with Crippen molar-refractivity contribution in [3.8, 4) is 11.1 Å². The van der Waals surface area contributed by atoms with Gasteiger partial charge >= 0.3 is 0 Å². The zero-order chi connectivity index (χ0) is 16.7. The Morgan fingerprint density at radius 3 is 2.92 bits per heavy atom. The Morgan fingerprint density at radius 2 is 2.25 bits per heavy atom. The van der Waals surface area contributed by atoms with Crippen molar-refractivity contribution < 1.29 is 5.11 Å². The number of H-pyrrole nitrogens is 1. The Kier molecular flexibility index (Phi) is 3.70. The van der Waals surface area contributed by atoms with Crippen LogP contribution in [0.5, 0.6) is 0 Å². The van der Waals surface area contributed by atoms with Crippen molar-refractivity contribution in [2.24, 2.45) is 0 Å². The van der Waals surface area contributed by atoms with Crippen LogP contribution < -0.4 is 11.1 Å². The van der Waals surface area contributed by atoms with Gasteiger partial charge in [-0.1, -0.05) is 0 Å². The molecule has 0 aliphatic carbocycles. The number of rotatable bonds is 3. The summed E-state index contributed by atoms with van der Waals surface area (Å²) in [5.74, 6) is 0.849. The minimum atomic E-state index is -0.339. The Balaban J connectivity index is 1.69. The van der Waals surface area contributed by atoms with Gasteiger partial charge in [-0.05, 0) is 19.8 Å². The number of hydrogen-bond donors (Lipinski definition) is 4. The predicted molar refractivity (Wildman–Crippen MR) is 90.4 cm³/mol. The molecule has 8 nitrogen and oxygen atoms in total. The third-order valence-electron chi connectivity index (χ3n) is 4.78. The molecule has 8 heteroatoms. The number of nitrogens with two attached hydrogens (primary N) is 1. The molecule has 0 spiro atoms. The second-order valence-electron chi connectivity index (χ2n) is 6.42. The number of hydrogen-bond acceptors (Lipinski definition) is 6. The fraction of sp³-hybridized carbons (Fsp3) is 0.438. The Labute approximate surface area is 139 Å². The molecule has 1 aliphatic rings. The van der Waals surface area contributed by atoms with Crippen LogP contribution in [-0.2, 0) is 0 Å². The van der Waals surface area contributed by atoms with E-state index in [9.17, 15) is 5.11 Å². The molecule has 5 N–H and O–H groups in total. The number of aliphatic hydroxyl groups is 1. The molecule has 3 atom stereocenters.